The second-order valence-electron chi connectivity index (χ2n) is 10.3. The van der Waals surface area contributed by atoms with Gasteiger partial charge in [0, 0.05) is 17.6 Å². The number of anilines is 1. The molecule has 0 bridgehead atoms. The minimum atomic E-state index is 0.142. The summed E-state index contributed by atoms with van der Waals surface area (Å²) in [4.78, 5) is 22.5. The molecule has 0 N–H and O–H groups in total. The molecule has 0 aliphatic heterocycles. The molecule has 2 heterocycles. The predicted octanol–water partition coefficient (Wildman–Crippen LogP) is 5.72. The molecule has 34 heavy (non-hydrogen) atoms. The van der Waals surface area contributed by atoms with Crippen LogP contribution in [0.3, 0.4) is 0 Å². The van der Waals surface area contributed by atoms with Gasteiger partial charge in [0.05, 0.1) is 28.8 Å². The molecular formula is C29H34N4O. The average Bonchev–Trinajstić information content (AvgIpc) is 3.52. The first-order valence-corrected chi connectivity index (χ1v) is 12.2. The van der Waals surface area contributed by atoms with Crippen molar-refractivity contribution < 1.29 is 4.79 Å². The molecule has 0 atom stereocenters. The number of aromatic nitrogens is 2. The average molecular weight is 455 g/mol. The highest BCUT2D eigenvalue weighted by Gasteiger charge is 2.30. The van der Waals surface area contributed by atoms with E-state index in [1.54, 1.807) is 0 Å². The predicted molar refractivity (Wildman–Crippen MR) is 141 cm³/mol. The Morgan fingerprint density at radius 1 is 1.03 bits per heavy atom. The molecule has 1 aliphatic rings. The summed E-state index contributed by atoms with van der Waals surface area (Å²) in [6, 6.07) is 15.1. The Hall–Kier alpha value is -3.18. The van der Waals surface area contributed by atoms with E-state index in [9.17, 15) is 4.79 Å². The zero-order chi connectivity index (χ0) is 24.1. The Bertz CT molecular complexity index is 1390. The number of para-hydroxylation sites is 1. The molecule has 4 aromatic rings. The number of hydrogen-bond donors (Lipinski definition) is 0. The molecule has 1 fully saturated rings. The zero-order valence-electron chi connectivity index (χ0n) is 21.1. The maximum atomic E-state index is 13.5. The van der Waals surface area contributed by atoms with Gasteiger partial charge in [-0.3, -0.25) is 9.36 Å². The number of amides is 1. The molecule has 176 valence electrons. The van der Waals surface area contributed by atoms with Gasteiger partial charge in [-0.05, 0) is 83.8 Å². The van der Waals surface area contributed by atoms with Gasteiger partial charge in [0.15, 0.2) is 0 Å². The maximum Gasteiger partial charge on any atom is 0.241 e. The SMILES string of the molecule is Cc1cc(C)c(-n2c3ccccc3c3c(N(CC4CC4)C(=O)CN(C)C)cc(C)nc32)c(C)c1. The van der Waals surface area contributed by atoms with E-state index in [4.69, 9.17) is 4.98 Å². The molecule has 0 unspecified atom stereocenters. The third-order valence-electron chi connectivity index (χ3n) is 6.77. The molecule has 5 rings (SSSR count). The zero-order valence-corrected chi connectivity index (χ0v) is 21.1. The van der Waals surface area contributed by atoms with Crippen LogP contribution in [0.15, 0.2) is 42.5 Å². The van der Waals surface area contributed by atoms with Crippen LogP contribution in [0.5, 0.6) is 0 Å². The van der Waals surface area contributed by atoms with Crippen molar-refractivity contribution in [2.45, 2.75) is 40.5 Å². The molecule has 5 heteroatoms. The molecule has 0 radical (unpaired) electrons. The fourth-order valence-electron chi connectivity index (χ4n) is 5.27. The normalized spacial score (nSPS) is 13.9. The van der Waals surface area contributed by atoms with Crippen LogP contribution >= 0.6 is 0 Å². The lowest BCUT2D eigenvalue weighted by Crippen LogP contribution is -2.39. The summed E-state index contributed by atoms with van der Waals surface area (Å²) in [6.45, 7) is 9.69. The summed E-state index contributed by atoms with van der Waals surface area (Å²) < 4.78 is 2.30. The number of carbonyl (C=O) groups excluding carboxylic acids is 1. The van der Waals surface area contributed by atoms with Crippen molar-refractivity contribution in [1.29, 1.82) is 0 Å². The number of pyridine rings is 1. The Labute approximate surface area is 202 Å². The third-order valence-corrected chi connectivity index (χ3v) is 6.77. The number of benzene rings is 2. The first-order chi connectivity index (χ1) is 16.2. The van der Waals surface area contributed by atoms with Gasteiger partial charge in [-0.25, -0.2) is 4.98 Å². The lowest BCUT2D eigenvalue weighted by Gasteiger charge is -2.26. The van der Waals surface area contributed by atoms with E-state index >= 15 is 0 Å². The maximum absolute atomic E-state index is 13.5. The molecule has 2 aromatic carbocycles. The highest BCUT2D eigenvalue weighted by Crippen LogP contribution is 2.40. The fourth-order valence-corrected chi connectivity index (χ4v) is 5.27. The number of hydrogen-bond acceptors (Lipinski definition) is 3. The Morgan fingerprint density at radius 3 is 2.35 bits per heavy atom. The summed E-state index contributed by atoms with van der Waals surface area (Å²) in [5.74, 6) is 0.730. The van der Waals surface area contributed by atoms with Crippen molar-refractivity contribution in [2.24, 2.45) is 5.92 Å². The summed E-state index contributed by atoms with van der Waals surface area (Å²) in [7, 11) is 3.91. The number of nitrogens with zero attached hydrogens (tertiary/aromatic N) is 4. The van der Waals surface area contributed by atoms with Gasteiger partial charge in [-0.2, -0.15) is 0 Å². The van der Waals surface area contributed by atoms with E-state index in [-0.39, 0.29) is 5.91 Å². The Kier molecular flexibility index (Phi) is 5.68. The quantitative estimate of drug-likeness (QED) is 0.374. The van der Waals surface area contributed by atoms with Crippen molar-refractivity contribution in [3.05, 3.63) is 64.8 Å². The van der Waals surface area contributed by atoms with Crippen LogP contribution in [-0.2, 0) is 4.79 Å². The van der Waals surface area contributed by atoms with Crippen molar-refractivity contribution in [2.75, 3.05) is 32.1 Å². The van der Waals surface area contributed by atoms with Gasteiger partial charge in [0.25, 0.3) is 0 Å². The van der Waals surface area contributed by atoms with Crippen molar-refractivity contribution in [3.8, 4) is 5.69 Å². The minimum Gasteiger partial charge on any atom is -0.310 e. The van der Waals surface area contributed by atoms with Crippen LogP contribution in [0.2, 0.25) is 0 Å². The van der Waals surface area contributed by atoms with Crippen LogP contribution in [0, 0.1) is 33.6 Å². The standard InChI is InChI=1S/C29H34N4O/c1-18-13-19(2)28(20(3)14-18)33-24-10-8-7-9-23(24)27-25(15-21(4)30-29(27)33)32(16-22-11-12-22)26(34)17-31(5)6/h7-10,13-15,22H,11-12,16-17H2,1-6H3. The summed E-state index contributed by atoms with van der Waals surface area (Å²) in [6.07, 6.45) is 2.39. The molecule has 0 saturated heterocycles. The minimum absolute atomic E-state index is 0.142. The second kappa shape index (κ2) is 8.55. The van der Waals surface area contributed by atoms with E-state index in [2.05, 4.69) is 67.8 Å². The Balaban J connectivity index is 1.84. The van der Waals surface area contributed by atoms with Crippen molar-refractivity contribution >= 4 is 33.5 Å². The van der Waals surface area contributed by atoms with Crippen LogP contribution in [0.25, 0.3) is 27.6 Å². The molecule has 1 saturated carbocycles. The molecular weight excluding hydrogens is 420 g/mol. The number of likely N-dealkylation sites (N-methyl/N-ethyl adjacent to an activating group) is 1. The molecule has 1 aliphatic carbocycles. The molecule has 1 amide bonds. The first kappa shape index (κ1) is 22.6. The second-order valence-corrected chi connectivity index (χ2v) is 10.3. The van der Waals surface area contributed by atoms with E-state index in [1.165, 1.54) is 35.2 Å². The lowest BCUT2D eigenvalue weighted by molar-refractivity contribution is -0.119. The number of carbonyl (C=O) groups is 1. The number of rotatable bonds is 6. The molecule has 2 aromatic heterocycles. The first-order valence-electron chi connectivity index (χ1n) is 12.2. The van der Waals surface area contributed by atoms with Gasteiger partial charge >= 0.3 is 0 Å². The van der Waals surface area contributed by atoms with Crippen LogP contribution in [0.4, 0.5) is 5.69 Å². The van der Waals surface area contributed by atoms with Crippen LogP contribution in [0.1, 0.15) is 35.2 Å². The van der Waals surface area contributed by atoms with E-state index < -0.39 is 0 Å². The summed E-state index contributed by atoms with van der Waals surface area (Å²) >= 11 is 0. The van der Waals surface area contributed by atoms with Gasteiger partial charge < -0.3 is 9.80 Å². The monoisotopic (exact) mass is 454 g/mol. The van der Waals surface area contributed by atoms with E-state index in [1.807, 2.05) is 30.8 Å². The van der Waals surface area contributed by atoms with E-state index in [0.717, 1.165) is 39.9 Å². The smallest absolute Gasteiger partial charge is 0.241 e. The van der Waals surface area contributed by atoms with Crippen molar-refractivity contribution in [3.63, 3.8) is 0 Å². The van der Waals surface area contributed by atoms with Gasteiger partial charge in [-0.15, -0.1) is 0 Å². The highest BCUT2D eigenvalue weighted by atomic mass is 16.2. The van der Waals surface area contributed by atoms with Gasteiger partial charge in [-0.1, -0.05) is 35.9 Å². The largest absolute Gasteiger partial charge is 0.310 e. The Morgan fingerprint density at radius 2 is 1.71 bits per heavy atom. The fraction of sp³-hybridized carbons (Fsp3) is 0.379. The summed E-state index contributed by atoms with van der Waals surface area (Å²) in [5, 5.41) is 2.20. The third kappa shape index (κ3) is 3.98. The number of fused-ring (bicyclic) bond motifs is 3. The lowest BCUT2D eigenvalue weighted by atomic mass is 10.0. The number of aryl methyl sites for hydroxylation is 4. The van der Waals surface area contributed by atoms with Crippen LogP contribution in [-0.4, -0.2) is 47.5 Å². The van der Waals surface area contributed by atoms with Crippen molar-refractivity contribution in [1.82, 2.24) is 14.5 Å². The topological polar surface area (TPSA) is 41.4 Å². The molecule has 0 spiro atoms. The van der Waals surface area contributed by atoms with Crippen LogP contribution < -0.4 is 4.90 Å². The van der Waals surface area contributed by atoms with E-state index in [0.29, 0.717) is 12.5 Å². The summed E-state index contributed by atoms with van der Waals surface area (Å²) in [5.41, 5.74) is 8.84. The molecule has 5 nitrogen and oxygen atoms in total. The van der Waals surface area contributed by atoms with Gasteiger partial charge in [0.2, 0.25) is 5.91 Å². The highest BCUT2D eigenvalue weighted by molar-refractivity contribution is 6.16. The van der Waals surface area contributed by atoms with Gasteiger partial charge in [0.1, 0.15) is 5.65 Å².